The van der Waals surface area contributed by atoms with Gasteiger partial charge >= 0.3 is 0 Å². The Morgan fingerprint density at radius 3 is 2.65 bits per heavy atom. The van der Waals surface area contributed by atoms with Gasteiger partial charge in [-0.3, -0.25) is 9.36 Å². The van der Waals surface area contributed by atoms with Crippen molar-refractivity contribution < 1.29 is 8.42 Å². The van der Waals surface area contributed by atoms with Crippen molar-refractivity contribution in [1.82, 2.24) is 9.55 Å². The summed E-state index contributed by atoms with van der Waals surface area (Å²) >= 11 is 5.69. The van der Waals surface area contributed by atoms with Crippen molar-refractivity contribution in [3.8, 4) is 0 Å². The predicted molar refractivity (Wildman–Crippen MR) is 67.2 cm³/mol. The highest BCUT2D eigenvalue weighted by Crippen LogP contribution is 2.04. The van der Waals surface area contributed by atoms with Gasteiger partial charge in [0.1, 0.15) is 20.8 Å². The predicted octanol–water partition coefficient (Wildman–Crippen LogP) is 0.894. The van der Waals surface area contributed by atoms with E-state index in [0.29, 0.717) is 25.2 Å². The summed E-state index contributed by atoms with van der Waals surface area (Å²) in [6.45, 7) is 2.21. The van der Waals surface area contributed by atoms with Gasteiger partial charge in [0, 0.05) is 25.3 Å². The molecule has 0 aromatic carbocycles. The van der Waals surface area contributed by atoms with Gasteiger partial charge < -0.3 is 0 Å². The average molecular weight is 279 g/mol. The van der Waals surface area contributed by atoms with E-state index in [0.717, 1.165) is 0 Å². The first kappa shape index (κ1) is 14.2. The zero-order valence-electron chi connectivity index (χ0n) is 9.81. The number of nitrogens with zero attached hydrogens (tertiary/aromatic N) is 2. The van der Waals surface area contributed by atoms with Crippen LogP contribution in [0.2, 0.25) is 5.15 Å². The monoisotopic (exact) mass is 278 g/mol. The van der Waals surface area contributed by atoms with Gasteiger partial charge in [0.05, 0.1) is 5.75 Å². The summed E-state index contributed by atoms with van der Waals surface area (Å²) in [6, 6.07) is 1.24. The van der Waals surface area contributed by atoms with Crippen LogP contribution in [0.5, 0.6) is 0 Å². The Labute approximate surface area is 105 Å². The lowest BCUT2D eigenvalue weighted by Crippen LogP contribution is -2.25. The molecule has 0 aliphatic carbocycles. The summed E-state index contributed by atoms with van der Waals surface area (Å²) in [5, 5.41) is 0.172. The molecule has 1 rings (SSSR count). The lowest BCUT2D eigenvalue weighted by Gasteiger charge is -2.10. The maximum atomic E-state index is 11.7. The first-order valence-corrected chi connectivity index (χ1v) is 7.71. The van der Waals surface area contributed by atoms with E-state index >= 15 is 0 Å². The largest absolute Gasteiger partial charge is 0.297 e. The average Bonchev–Trinajstić information content (AvgIpc) is 2.18. The molecular formula is C10H15ClN2O3S. The topological polar surface area (TPSA) is 69.0 Å². The molecule has 0 atom stereocenters. The third-order valence-electron chi connectivity index (χ3n) is 2.27. The molecule has 1 aromatic rings. The number of rotatable bonds is 5. The second kappa shape index (κ2) is 5.64. The van der Waals surface area contributed by atoms with Gasteiger partial charge in [0.15, 0.2) is 0 Å². The van der Waals surface area contributed by atoms with Crippen LogP contribution in [0.25, 0.3) is 0 Å². The smallest absolute Gasteiger partial charge is 0.254 e. The molecule has 5 nitrogen and oxygen atoms in total. The van der Waals surface area contributed by atoms with E-state index in [-0.39, 0.29) is 16.5 Å². The zero-order valence-corrected chi connectivity index (χ0v) is 11.4. The number of aryl methyl sites for hydroxylation is 1. The summed E-state index contributed by atoms with van der Waals surface area (Å²) in [5.41, 5.74) is -0.240. The van der Waals surface area contributed by atoms with Crippen LogP contribution in [-0.4, -0.2) is 30.0 Å². The van der Waals surface area contributed by atoms with Crippen molar-refractivity contribution in [2.45, 2.75) is 26.3 Å². The van der Waals surface area contributed by atoms with E-state index in [2.05, 4.69) is 4.98 Å². The molecule has 0 fully saturated rings. The highest BCUT2D eigenvalue weighted by molar-refractivity contribution is 7.90. The minimum absolute atomic E-state index is 0.0607. The molecule has 0 aliphatic rings. The van der Waals surface area contributed by atoms with Crippen molar-refractivity contribution in [2.75, 3.05) is 12.0 Å². The molecule has 0 spiro atoms. The van der Waals surface area contributed by atoms with Gasteiger partial charge in [-0.05, 0) is 6.42 Å². The van der Waals surface area contributed by atoms with Crippen molar-refractivity contribution in [2.24, 2.45) is 0 Å². The van der Waals surface area contributed by atoms with Crippen LogP contribution in [0.1, 0.15) is 19.2 Å². The number of halogens is 1. The number of hydrogen-bond donors (Lipinski definition) is 0. The van der Waals surface area contributed by atoms with Crippen LogP contribution in [0, 0.1) is 0 Å². The molecule has 1 aromatic heterocycles. The minimum atomic E-state index is -3.00. The van der Waals surface area contributed by atoms with Crippen molar-refractivity contribution in [3.63, 3.8) is 0 Å². The molecule has 0 saturated carbocycles. The van der Waals surface area contributed by atoms with Gasteiger partial charge in [0.2, 0.25) is 0 Å². The van der Waals surface area contributed by atoms with Crippen LogP contribution in [0.15, 0.2) is 10.9 Å². The van der Waals surface area contributed by atoms with E-state index in [1.165, 1.54) is 16.9 Å². The van der Waals surface area contributed by atoms with Crippen LogP contribution >= 0.6 is 11.6 Å². The van der Waals surface area contributed by atoms with Gasteiger partial charge in [-0.2, -0.15) is 0 Å². The van der Waals surface area contributed by atoms with Crippen molar-refractivity contribution >= 4 is 21.4 Å². The normalized spacial score (nSPS) is 11.7. The van der Waals surface area contributed by atoms with E-state index < -0.39 is 9.84 Å². The molecule has 0 radical (unpaired) electrons. The van der Waals surface area contributed by atoms with E-state index in [9.17, 15) is 13.2 Å². The van der Waals surface area contributed by atoms with Gasteiger partial charge in [0.25, 0.3) is 5.56 Å². The second-order valence-corrected chi connectivity index (χ2v) is 6.47. The highest BCUT2D eigenvalue weighted by Gasteiger charge is 2.08. The number of aromatic nitrogens is 2. The zero-order chi connectivity index (χ0) is 13.1. The summed E-state index contributed by atoms with van der Waals surface area (Å²) in [5.74, 6) is 0.640. The fraction of sp³-hybridized carbons (Fsp3) is 0.600. The summed E-state index contributed by atoms with van der Waals surface area (Å²) in [7, 11) is -3.00. The molecular weight excluding hydrogens is 264 g/mol. The fourth-order valence-electron chi connectivity index (χ4n) is 1.52. The maximum absolute atomic E-state index is 11.7. The third kappa shape index (κ3) is 4.47. The lowest BCUT2D eigenvalue weighted by atomic mass is 10.4. The first-order valence-electron chi connectivity index (χ1n) is 5.27. The first-order chi connectivity index (χ1) is 7.83. The summed E-state index contributed by atoms with van der Waals surface area (Å²) in [6.07, 6.45) is 2.15. The molecule has 0 bridgehead atoms. The molecule has 0 saturated heterocycles. The van der Waals surface area contributed by atoms with Crippen LogP contribution in [0.4, 0.5) is 0 Å². The molecule has 0 N–H and O–H groups in total. The molecule has 0 unspecified atom stereocenters. The number of hydrogen-bond acceptors (Lipinski definition) is 4. The standard InChI is InChI=1S/C10H15ClN2O3S/c1-3-9-12-8(11)7-10(14)13(9)5-4-6-17(2,15)16/h7H,3-6H2,1-2H3. The maximum Gasteiger partial charge on any atom is 0.254 e. The van der Waals surface area contributed by atoms with E-state index in [1.54, 1.807) is 0 Å². The van der Waals surface area contributed by atoms with E-state index in [1.807, 2.05) is 6.92 Å². The highest BCUT2D eigenvalue weighted by atomic mass is 35.5. The van der Waals surface area contributed by atoms with Gasteiger partial charge in [-0.15, -0.1) is 0 Å². The summed E-state index contributed by atoms with van der Waals surface area (Å²) < 4.78 is 23.5. The Kier molecular flexibility index (Phi) is 4.70. The summed E-state index contributed by atoms with van der Waals surface area (Å²) in [4.78, 5) is 15.7. The molecule has 1 heterocycles. The Morgan fingerprint density at radius 2 is 2.12 bits per heavy atom. The molecule has 7 heteroatoms. The molecule has 96 valence electrons. The van der Waals surface area contributed by atoms with Crippen molar-refractivity contribution in [1.29, 1.82) is 0 Å². The Hall–Kier alpha value is -0.880. The number of sulfone groups is 1. The van der Waals surface area contributed by atoms with Crippen LogP contribution in [0.3, 0.4) is 0 Å². The molecule has 0 amide bonds. The fourth-order valence-corrected chi connectivity index (χ4v) is 2.36. The van der Waals surface area contributed by atoms with Crippen LogP contribution in [-0.2, 0) is 22.8 Å². The van der Waals surface area contributed by atoms with Crippen molar-refractivity contribution in [3.05, 3.63) is 27.4 Å². The molecule has 0 aliphatic heterocycles. The van der Waals surface area contributed by atoms with Gasteiger partial charge in [-0.1, -0.05) is 18.5 Å². The van der Waals surface area contributed by atoms with E-state index in [4.69, 9.17) is 11.6 Å². The quantitative estimate of drug-likeness (QED) is 0.750. The van der Waals surface area contributed by atoms with Crippen LogP contribution < -0.4 is 5.56 Å². The SMILES string of the molecule is CCc1nc(Cl)cc(=O)n1CCCS(C)(=O)=O. The minimum Gasteiger partial charge on any atom is -0.297 e. The Morgan fingerprint density at radius 1 is 1.47 bits per heavy atom. The Balaban J connectivity index is 2.87. The third-order valence-corrected chi connectivity index (χ3v) is 3.49. The molecule has 17 heavy (non-hydrogen) atoms. The van der Waals surface area contributed by atoms with Gasteiger partial charge in [-0.25, -0.2) is 13.4 Å². The lowest BCUT2D eigenvalue weighted by molar-refractivity contribution is 0.577. The second-order valence-electron chi connectivity index (χ2n) is 3.82. The Bertz CT molecular complexity index is 551.